The van der Waals surface area contributed by atoms with Gasteiger partial charge in [0.1, 0.15) is 0 Å². The van der Waals surface area contributed by atoms with E-state index in [-0.39, 0.29) is 25.4 Å². The summed E-state index contributed by atoms with van der Waals surface area (Å²) in [5.74, 6) is -0.619. The molecule has 0 radical (unpaired) electrons. The Balaban J connectivity index is 0. The molecule has 0 saturated carbocycles. The SMILES string of the molecule is C.CC.CC.O=C1Cc2ccccc2C1=O. The van der Waals surface area contributed by atoms with Crippen LogP contribution < -0.4 is 0 Å². The Bertz CT molecular complexity index is 340. The van der Waals surface area contributed by atoms with Crippen LogP contribution in [-0.2, 0) is 11.2 Å². The summed E-state index contributed by atoms with van der Waals surface area (Å²) in [4.78, 5) is 21.9. The number of fused-ring (bicyclic) bond motifs is 1. The molecule has 0 saturated heterocycles. The third kappa shape index (κ3) is 3.61. The van der Waals surface area contributed by atoms with E-state index >= 15 is 0 Å². The highest BCUT2D eigenvalue weighted by Crippen LogP contribution is 2.18. The third-order valence-electron chi connectivity index (χ3n) is 1.87. The molecule has 0 spiro atoms. The van der Waals surface area contributed by atoms with Crippen molar-refractivity contribution < 1.29 is 9.59 Å². The van der Waals surface area contributed by atoms with Crippen molar-refractivity contribution in [1.82, 2.24) is 0 Å². The largest absolute Gasteiger partial charge is 0.290 e. The molecular formula is C14H22O2. The van der Waals surface area contributed by atoms with Crippen LogP contribution in [-0.4, -0.2) is 11.6 Å². The first kappa shape index (κ1) is 17.0. The number of rotatable bonds is 0. The number of ketones is 2. The van der Waals surface area contributed by atoms with Gasteiger partial charge in [-0.05, 0) is 5.56 Å². The first-order chi connectivity index (χ1) is 7.29. The standard InChI is InChI=1S/C9H6O2.2C2H6.CH4/c10-8-5-6-3-1-2-4-7(6)9(8)11;2*1-2;/h1-4H,5H2;2*1-2H3;1H4. The van der Waals surface area contributed by atoms with Gasteiger partial charge in [-0.3, -0.25) is 9.59 Å². The molecular weight excluding hydrogens is 200 g/mol. The summed E-state index contributed by atoms with van der Waals surface area (Å²) in [6, 6.07) is 7.13. The highest BCUT2D eigenvalue weighted by Gasteiger charge is 2.26. The molecule has 2 nitrogen and oxygen atoms in total. The van der Waals surface area contributed by atoms with Gasteiger partial charge < -0.3 is 0 Å². The molecule has 0 aliphatic heterocycles. The Morgan fingerprint density at radius 1 is 0.938 bits per heavy atom. The van der Waals surface area contributed by atoms with Crippen LogP contribution in [0.4, 0.5) is 0 Å². The summed E-state index contributed by atoms with van der Waals surface area (Å²) in [5, 5.41) is 0. The van der Waals surface area contributed by atoms with E-state index in [1.165, 1.54) is 0 Å². The van der Waals surface area contributed by atoms with Gasteiger partial charge in [0.05, 0.1) is 0 Å². The van der Waals surface area contributed by atoms with Crippen molar-refractivity contribution in [2.75, 3.05) is 0 Å². The second-order valence-electron chi connectivity index (χ2n) is 2.59. The number of carbonyl (C=O) groups excluding carboxylic acids is 2. The fourth-order valence-electron chi connectivity index (χ4n) is 1.30. The number of hydrogen-bond donors (Lipinski definition) is 0. The Kier molecular flexibility index (Phi) is 9.37. The van der Waals surface area contributed by atoms with Crippen LogP contribution in [0.5, 0.6) is 0 Å². The van der Waals surface area contributed by atoms with Crippen molar-refractivity contribution in [2.24, 2.45) is 0 Å². The van der Waals surface area contributed by atoms with Gasteiger partial charge in [0.2, 0.25) is 11.6 Å². The number of hydrogen-bond acceptors (Lipinski definition) is 2. The zero-order chi connectivity index (χ0) is 11.8. The summed E-state index contributed by atoms with van der Waals surface area (Å²) in [6.45, 7) is 8.00. The first-order valence-electron chi connectivity index (χ1n) is 5.44. The van der Waals surface area contributed by atoms with E-state index in [2.05, 4.69) is 0 Å². The molecule has 0 amide bonds. The van der Waals surface area contributed by atoms with Crippen molar-refractivity contribution in [1.29, 1.82) is 0 Å². The molecule has 0 aromatic heterocycles. The van der Waals surface area contributed by atoms with Crippen molar-refractivity contribution in [3.63, 3.8) is 0 Å². The van der Waals surface area contributed by atoms with Crippen LogP contribution in [0.25, 0.3) is 0 Å². The van der Waals surface area contributed by atoms with E-state index in [0.29, 0.717) is 5.56 Å². The molecule has 0 atom stereocenters. The van der Waals surface area contributed by atoms with Gasteiger partial charge in [-0.15, -0.1) is 0 Å². The molecule has 0 fully saturated rings. The van der Waals surface area contributed by atoms with Crippen LogP contribution in [0.2, 0.25) is 0 Å². The lowest BCUT2D eigenvalue weighted by atomic mass is 10.1. The van der Waals surface area contributed by atoms with Crippen molar-refractivity contribution in [3.05, 3.63) is 35.4 Å². The summed E-state index contributed by atoms with van der Waals surface area (Å²) in [7, 11) is 0. The van der Waals surface area contributed by atoms with Crippen molar-refractivity contribution in [2.45, 2.75) is 41.5 Å². The van der Waals surface area contributed by atoms with Crippen molar-refractivity contribution >= 4 is 11.6 Å². The fraction of sp³-hybridized carbons (Fsp3) is 0.429. The van der Waals surface area contributed by atoms with Gasteiger partial charge in [-0.1, -0.05) is 59.4 Å². The lowest BCUT2D eigenvalue weighted by molar-refractivity contribution is -0.114. The van der Waals surface area contributed by atoms with Crippen LogP contribution in [0.3, 0.4) is 0 Å². The second-order valence-corrected chi connectivity index (χ2v) is 2.59. The maximum Gasteiger partial charge on any atom is 0.229 e. The predicted molar refractivity (Wildman–Crippen MR) is 68.9 cm³/mol. The minimum atomic E-state index is -0.333. The molecule has 0 heterocycles. The third-order valence-corrected chi connectivity index (χ3v) is 1.87. The molecule has 2 rings (SSSR count). The average Bonchev–Trinajstić information content (AvgIpc) is 2.61. The molecule has 1 aromatic carbocycles. The average molecular weight is 222 g/mol. The van der Waals surface area contributed by atoms with Gasteiger partial charge in [-0.2, -0.15) is 0 Å². The van der Waals surface area contributed by atoms with Gasteiger partial charge in [-0.25, -0.2) is 0 Å². The lowest BCUT2D eigenvalue weighted by Gasteiger charge is -1.90. The van der Waals surface area contributed by atoms with E-state index < -0.39 is 0 Å². The van der Waals surface area contributed by atoms with Gasteiger partial charge in [0.25, 0.3) is 0 Å². The number of benzene rings is 1. The molecule has 90 valence electrons. The quantitative estimate of drug-likeness (QED) is 0.627. The van der Waals surface area contributed by atoms with Gasteiger partial charge >= 0.3 is 0 Å². The van der Waals surface area contributed by atoms with E-state index in [9.17, 15) is 9.59 Å². The Morgan fingerprint density at radius 3 is 1.94 bits per heavy atom. The molecule has 0 unspecified atom stereocenters. The van der Waals surface area contributed by atoms with Gasteiger partial charge in [0.15, 0.2) is 0 Å². The summed E-state index contributed by atoms with van der Waals surface area (Å²) < 4.78 is 0. The predicted octanol–water partition coefficient (Wildman–Crippen LogP) is 3.68. The molecule has 1 aromatic rings. The number of carbonyl (C=O) groups is 2. The van der Waals surface area contributed by atoms with Crippen LogP contribution in [0, 0.1) is 0 Å². The summed E-state index contributed by atoms with van der Waals surface area (Å²) in [6.07, 6.45) is 0.287. The maximum atomic E-state index is 11.0. The topological polar surface area (TPSA) is 34.1 Å². The molecule has 0 N–H and O–H groups in total. The Labute approximate surface area is 98.7 Å². The molecule has 1 aliphatic carbocycles. The monoisotopic (exact) mass is 222 g/mol. The molecule has 0 bridgehead atoms. The molecule has 1 aliphatic rings. The van der Waals surface area contributed by atoms with Crippen LogP contribution in [0.15, 0.2) is 24.3 Å². The van der Waals surface area contributed by atoms with E-state index in [1.54, 1.807) is 12.1 Å². The second kappa shape index (κ2) is 8.84. The van der Waals surface area contributed by atoms with Crippen LogP contribution in [0.1, 0.15) is 51.0 Å². The minimum Gasteiger partial charge on any atom is -0.290 e. The van der Waals surface area contributed by atoms with E-state index in [0.717, 1.165) is 5.56 Å². The zero-order valence-electron chi connectivity index (χ0n) is 9.83. The highest BCUT2D eigenvalue weighted by molar-refractivity contribution is 6.47. The smallest absolute Gasteiger partial charge is 0.229 e. The Morgan fingerprint density at radius 2 is 1.44 bits per heavy atom. The summed E-state index contributed by atoms with van der Waals surface area (Å²) in [5.41, 5.74) is 1.44. The highest BCUT2D eigenvalue weighted by atomic mass is 16.2. The Hall–Kier alpha value is -1.44. The first-order valence-corrected chi connectivity index (χ1v) is 5.44. The maximum absolute atomic E-state index is 11.0. The minimum absolute atomic E-state index is 0. The number of Topliss-reactive ketones (excluding diaryl/α,β-unsaturated/α-hetero) is 2. The lowest BCUT2D eigenvalue weighted by Crippen LogP contribution is -2.05. The molecule has 16 heavy (non-hydrogen) atoms. The van der Waals surface area contributed by atoms with Crippen molar-refractivity contribution in [3.8, 4) is 0 Å². The van der Waals surface area contributed by atoms with Gasteiger partial charge in [0, 0.05) is 12.0 Å². The zero-order valence-corrected chi connectivity index (χ0v) is 9.83. The van der Waals surface area contributed by atoms with E-state index in [1.807, 2.05) is 39.8 Å². The van der Waals surface area contributed by atoms with E-state index in [4.69, 9.17) is 0 Å². The molecule has 2 heteroatoms. The normalized spacial score (nSPS) is 11.2. The summed E-state index contributed by atoms with van der Waals surface area (Å²) >= 11 is 0. The fourth-order valence-corrected chi connectivity index (χ4v) is 1.30. The van der Waals surface area contributed by atoms with Crippen LogP contribution >= 0.6 is 0 Å².